The van der Waals surface area contributed by atoms with E-state index in [-0.39, 0.29) is 0 Å². The molecule has 16 heavy (non-hydrogen) atoms. The van der Waals surface area contributed by atoms with E-state index in [0.29, 0.717) is 17.6 Å². The van der Waals surface area contributed by atoms with E-state index in [1.165, 1.54) is 19.4 Å². The van der Waals surface area contributed by atoms with Gasteiger partial charge in [0, 0.05) is 30.7 Å². The van der Waals surface area contributed by atoms with E-state index in [0.717, 1.165) is 12.5 Å². The molecule has 0 aromatic heterocycles. The van der Waals surface area contributed by atoms with Crippen LogP contribution in [0.25, 0.3) is 0 Å². The lowest BCUT2D eigenvalue weighted by molar-refractivity contribution is 0.0284. The first-order valence-corrected chi connectivity index (χ1v) is 6.90. The summed E-state index contributed by atoms with van der Waals surface area (Å²) in [6.07, 6.45) is 2.52. The van der Waals surface area contributed by atoms with Crippen LogP contribution in [0.2, 0.25) is 0 Å². The largest absolute Gasteiger partial charge is 0.311 e. The van der Waals surface area contributed by atoms with Crippen LogP contribution in [0, 0.1) is 5.92 Å². The highest BCUT2D eigenvalue weighted by atomic mass is 15.3. The molecular weight excluding hydrogens is 196 g/mol. The zero-order valence-corrected chi connectivity index (χ0v) is 12.0. The number of piperazine rings is 1. The van der Waals surface area contributed by atoms with Gasteiger partial charge >= 0.3 is 0 Å². The second-order valence-electron chi connectivity index (χ2n) is 6.29. The van der Waals surface area contributed by atoms with Crippen LogP contribution in [-0.4, -0.2) is 35.6 Å². The quantitative estimate of drug-likeness (QED) is 0.796. The van der Waals surface area contributed by atoms with Crippen molar-refractivity contribution < 1.29 is 0 Å². The molecule has 2 heteroatoms. The van der Waals surface area contributed by atoms with Crippen molar-refractivity contribution in [3.05, 3.63) is 0 Å². The van der Waals surface area contributed by atoms with Gasteiger partial charge in [0.15, 0.2) is 0 Å². The molecule has 3 atom stereocenters. The Hall–Kier alpha value is -0.0800. The summed E-state index contributed by atoms with van der Waals surface area (Å²) in [6.45, 7) is 16.3. The van der Waals surface area contributed by atoms with Crippen molar-refractivity contribution >= 4 is 0 Å². The number of nitrogens with one attached hydrogen (secondary N) is 1. The van der Waals surface area contributed by atoms with E-state index in [9.17, 15) is 0 Å². The van der Waals surface area contributed by atoms with Crippen LogP contribution in [-0.2, 0) is 0 Å². The van der Waals surface area contributed by atoms with Gasteiger partial charge in [-0.05, 0) is 33.1 Å². The van der Waals surface area contributed by atoms with Crippen molar-refractivity contribution in [3.63, 3.8) is 0 Å². The molecule has 0 radical (unpaired) electrons. The molecule has 0 spiro atoms. The fourth-order valence-corrected chi connectivity index (χ4v) is 2.68. The van der Waals surface area contributed by atoms with Gasteiger partial charge in [-0.15, -0.1) is 0 Å². The van der Waals surface area contributed by atoms with Crippen LogP contribution in [0.4, 0.5) is 0 Å². The third-order valence-electron chi connectivity index (χ3n) is 4.11. The van der Waals surface area contributed by atoms with E-state index >= 15 is 0 Å². The molecule has 2 nitrogen and oxygen atoms in total. The summed E-state index contributed by atoms with van der Waals surface area (Å²) in [5.41, 5.74) is 0.300. The molecule has 0 bridgehead atoms. The van der Waals surface area contributed by atoms with Crippen LogP contribution in [0.5, 0.6) is 0 Å². The Kier molecular flexibility index (Phi) is 4.81. The van der Waals surface area contributed by atoms with Crippen molar-refractivity contribution in [2.24, 2.45) is 5.92 Å². The van der Waals surface area contributed by atoms with Crippen molar-refractivity contribution in [3.8, 4) is 0 Å². The summed E-state index contributed by atoms with van der Waals surface area (Å²) >= 11 is 0. The second-order valence-corrected chi connectivity index (χ2v) is 6.29. The first kappa shape index (κ1) is 14.0. The summed E-state index contributed by atoms with van der Waals surface area (Å²) in [7, 11) is 0. The maximum atomic E-state index is 3.73. The molecule has 1 rings (SSSR count). The zero-order valence-electron chi connectivity index (χ0n) is 12.0. The van der Waals surface area contributed by atoms with Crippen LogP contribution < -0.4 is 5.32 Å². The normalized spacial score (nSPS) is 30.4. The molecule has 96 valence electrons. The number of nitrogens with zero attached hydrogens (tertiary/aromatic N) is 1. The van der Waals surface area contributed by atoms with Crippen LogP contribution >= 0.6 is 0 Å². The number of hydrogen-bond acceptors (Lipinski definition) is 2. The Labute approximate surface area is 102 Å². The topological polar surface area (TPSA) is 15.3 Å². The summed E-state index contributed by atoms with van der Waals surface area (Å²) in [6, 6.07) is 1.38. The van der Waals surface area contributed by atoms with Crippen LogP contribution in [0.15, 0.2) is 0 Å². The first-order valence-electron chi connectivity index (χ1n) is 6.90. The fraction of sp³-hybridized carbons (Fsp3) is 1.00. The summed E-state index contributed by atoms with van der Waals surface area (Å²) in [5.74, 6) is 0.780. The maximum absolute atomic E-state index is 3.73. The lowest BCUT2D eigenvalue weighted by Crippen LogP contribution is -2.63. The lowest BCUT2D eigenvalue weighted by atomic mass is 9.91. The van der Waals surface area contributed by atoms with Crippen LogP contribution in [0.3, 0.4) is 0 Å². The average molecular weight is 226 g/mol. The minimum Gasteiger partial charge on any atom is -0.311 e. The average Bonchev–Trinajstić information content (AvgIpc) is 2.26. The van der Waals surface area contributed by atoms with Crippen LogP contribution in [0.1, 0.15) is 54.4 Å². The van der Waals surface area contributed by atoms with Gasteiger partial charge in [0.2, 0.25) is 0 Å². The van der Waals surface area contributed by atoms with Gasteiger partial charge in [-0.25, -0.2) is 0 Å². The highest BCUT2D eigenvalue weighted by molar-refractivity contribution is 4.93. The highest BCUT2D eigenvalue weighted by Gasteiger charge is 2.34. The number of rotatable bonds is 3. The highest BCUT2D eigenvalue weighted by Crippen LogP contribution is 2.24. The van der Waals surface area contributed by atoms with Crippen molar-refractivity contribution in [1.82, 2.24) is 10.2 Å². The Balaban J connectivity index is 2.69. The monoisotopic (exact) mass is 226 g/mol. The molecule has 0 aliphatic carbocycles. The summed E-state index contributed by atoms with van der Waals surface area (Å²) < 4.78 is 0. The molecule has 1 N–H and O–H groups in total. The molecule has 1 aliphatic heterocycles. The molecule has 0 saturated carbocycles. The summed E-state index contributed by atoms with van der Waals surface area (Å²) in [4.78, 5) is 2.69. The Morgan fingerprint density at radius 3 is 2.38 bits per heavy atom. The molecule has 3 unspecified atom stereocenters. The van der Waals surface area contributed by atoms with E-state index in [4.69, 9.17) is 0 Å². The minimum atomic E-state index is 0.300. The second kappa shape index (κ2) is 5.50. The van der Waals surface area contributed by atoms with Crippen molar-refractivity contribution in [2.75, 3.05) is 13.1 Å². The van der Waals surface area contributed by atoms with E-state index in [2.05, 4.69) is 51.8 Å². The van der Waals surface area contributed by atoms with Gasteiger partial charge in [-0.1, -0.05) is 27.2 Å². The predicted octanol–water partition coefficient (Wildman–Crippen LogP) is 2.88. The molecule has 1 fully saturated rings. The standard InChI is InChI=1S/C14H30N2/c1-7-11(3)13-10-16(14(4,5)6)12(8-2)9-15-13/h11-13,15H,7-10H2,1-6H3. The molecule has 1 heterocycles. The fourth-order valence-electron chi connectivity index (χ4n) is 2.68. The van der Waals surface area contributed by atoms with E-state index in [1.54, 1.807) is 0 Å². The molecule has 0 aromatic carbocycles. The van der Waals surface area contributed by atoms with Crippen molar-refractivity contribution in [1.29, 1.82) is 0 Å². The smallest absolute Gasteiger partial charge is 0.0223 e. The third kappa shape index (κ3) is 3.21. The van der Waals surface area contributed by atoms with E-state index in [1.807, 2.05) is 0 Å². The molecule has 1 saturated heterocycles. The van der Waals surface area contributed by atoms with Gasteiger partial charge < -0.3 is 5.32 Å². The molecular formula is C14H30N2. The maximum Gasteiger partial charge on any atom is 0.0223 e. The van der Waals surface area contributed by atoms with Gasteiger partial charge in [0.25, 0.3) is 0 Å². The summed E-state index contributed by atoms with van der Waals surface area (Å²) in [5, 5.41) is 3.73. The van der Waals surface area contributed by atoms with Gasteiger partial charge in [-0.2, -0.15) is 0 Å². The van der Waals surface area contributed by atoms with E-state index < -0.39 is 0 Å². The molecule has 1 aliphatic rings. The zero-order chi connectivity index (χ0) is 12.3. The molecule has 0 amide bonds. The molecule has 0 aromatic rings. The Morgan fingerprint density at radius 2 is 1.94 bits per heavy atom. The van der Waals surface area contributed by atoms with Gasteiger partial charge in [0.05, 0.1) is 0 Å². The SMILES string of the molecule is CCC(C)C1CN(C(C)(C)C)C(CC)CN1. The van der Waals surface area contributed by atoms with Gasteiger partial charge in [0.1, 0.15) is 0 Å². The van der Waals surface area contributed by atoms with Gasteiger partial charge in [-0.3, -0.25) is 4.90 Å². The third-order valence-corrected chi connectivity index (χ3v) is 4.11. The predicted molar refractivity (Wildman–Crippen MR) is 71.8 cm³/mol. The Morgan fingerprint density at radius 1 is 1.31 bits per heavy atom. The number of hydrogen-bond donors (Lipinski definition) is 1. The minimum absolute atomic E-state index is 0.300. The van der Waals surface area contributed by atoms with Crippen molar-refractivity contribution in [2.45, 2.75) is 72.0 Å². The first-order chi connectivity index (χ1) is 7.40. The lowest BCUT2D eigenvalue weighted by Gasteiger charge is -2.48. The Bertz CT molecular complexity index is 207.